The number of methoxy groups -OCH3 is 1. The van der Waals surface area contributed by atoms with E-state index in [-0.39, 0.29) is 11.4 Å². The van der Waals surface area contributed by atoms with Crippen molar-refractivity contribution in [3.63, 3.8) is 0 Å². The summed E-state index contributed by atoms with van der Waals surface area (Å²) >= 11 is 0. The van der Waals surface area contributed by atoms with Gasteiger partial charge in [-0.2, -0.15) is 0 Å². The third-order valence-corrected chi connectivity index (χ3v) is 5.65. The van der Waals surface area contributed by atoms with Crippen LogP contribution in [-0.4, -0.2) is 63.3 Å². The predicted octanol–water partition coefficient (Wildman–Crippen LogP) is 1.03. The van der Waals surface area contributed by atoms with Gasteiger partial charge >= 0.3 is 0 Å². The van der Waals surface area contributed by atoms with Gasteiger partial charge in [0.15, 0.2) is 11.5 Å². The highest BCUT2D eigenvalue weighted by Crippen LogP contribution is 2.28. The SMILES string of the molecule is COc1cc(C)ncc1NC(=O)c1c(N)nn2cc3c(nc12)CCN(C1COC1)C3. The Balaban J connectivity index is 1.46. The van der Waals surface area contributed by atoms with Crippen molar-refractivity contribution in [2.75, 3.05) is 37.9 Å². The number of aryl methyl sites for hydroxylation is 1. The molecule has 0 aromatic carbocycles. The minimum absolute atomic E-state index is 0.130. The maximum Gasteiger partial charge on any atom is 0.263 e. The lowest BCUT2D eigenvalue weighted by Crippen LogP contribution is -2.50. The van der Waals surface area contributed by atoms with Crippen molar-refractivity contribution in [3.05, 3.63) is 41.0 Å². The van der Waals surface area contributed by atoms with Crippen molar-refractivity contribution < 1.29 is 14.3 Å². The zero-order valence-electron chi connectivity index (χ0n) is 16.9. The number of nitrogens with two attached hydrogens (primary N) is 1. The average molecular weight is 409 g/mol. The van der Waals surface area contributed by atoms with Gasteiger partial charge in [-0.1, -0.05) is 0 Å². The minimum atomic E-state index is -0.400. The van der Waals surface area contributed by atoms with Crippen LogP contribution in [0.2, 0.25) is 0 Å². The summed E-state index contributed by atoms with van der Waals surface area (Å²) in [5.74, 6) is 0.255. The zero-order chi connectivity index (χ0) is 20.8. The second kappa shape index (κ2) is 7.22. The van der Waals surface area contributed by atoms with Crippen LogP contribution in [0.15, 0.2) is 18.5 Å². The maximum atomic E-state index is 13.0. The van der Waals surface area contributed by atoms with Gasteiger partial charge in [0.1, 0.15) is 17.0 Å². The molecule has 5 heterocycles. The van der Waals surface area contributed by atoms with Crippen molar-refractivity contribution in [2.45, 2.75) is 25.9 Å². The summed E-state index contributed by atoms with van der Waals surface area (Å²) in [7, 11) is 1.54. The largest absolute Gasteiger partial charge is 0.494 e. The lowest BCUT2D eigenvalue weighted by molar-refractivity contribution is -0.0697. The molecule has 0 saturated carbocycles. The smallest absolute Gasteiger partial charge is 0.263 e. The van der Waals surface area contributed by atoms with Crippen LogP contribution in [0.4, 0.5) is 11.5 Å². The monoisotopic (exact) mass is 409 g/mol. The highest BCUT2D eigenvalue weighted by atomic mass is 16.5. The average Bonchev–Trinajstić information content (AvgIpc) is 3.00. The van der Waals surface area contributed by atoms with Gasteiger partial charge in [-0.05, 0) is 6.92 Å². The van der Waals surface area contributed by atoms with E-state index in [0.29, 0.717) is 23.1 Å². The lowest BCUT2D eigenvalue weighted by Gasteiger charge is -2.39. The summed E-state index contributed by atoms with van der Waals surface area (Å²) in [5.41, 5.74) is 10.1. The van der Waals surface area contributed by atoms with Crippen molar-refractivity contribution in [3.8, 4) is 5.75 Å². The highest BCUT2D eigenvalue weighted by Gasteiger charge is 2.30. The molecule has 30 heavy (non-hydrogen) atoms. The molecule has 0 spiro atoms. The van der Waals surface area contributed by atoms with Crippen LogP contribution in [0.25, 0.3) is 5.65 Å². The topological polar surface area (TPSA) is 120 Å². The third kappa shape index (κ3) is 3.14. The molecule has 10 heteroatoms. The van der Waals surface area contributed by atoms with Crippen molar-refractivity contribution >= 4 is 23.1 Å². The first-order valence-electron chi connectivity index (χ1n) is 9.84. The quantitative estimate of drug-likeness (QED) is 0.656. The summed E-state index contributed by atoms with van der Waals surface area (Å²) in [6.45, 7) is 5.12. The van der Waals surface area contributed by atoms with Crippen LogP contribution in [0, 0.1) is 6.92 Å². The molecular weight excluding hydrogens is 386 g/mol. The standard InChI is InChI=1S/C20H23N7O3/c1-11-5-16(29-2)15(6-22-11)24-20(28)17-18(21)25-27-8-12-7-26(13-9-30-10-13)4-3-14(12)23-19(17)27/h5-6,8,13H,3-4,7,9-10H2,1-2H3,(H2,21,25)(H,24,28). The zero-order valence-corrected chi connectivity index (χ0v) is 16.9. The summed E-state index contributed by atoms with van der Waals surface area (Å²) in [6, 6.07) is 2.22. The van der Waals surface area contributed by atoms with E-state index in [1.54, 1.807) is 23.9 Å². The van der Waals surface area contributed by atoms with E-state index in [9.17, 15) is 4.79 Å². The predicted molar refractivity (Wildman–Crippen MR) is 110 cm³/mol. The molecular formula is C20H23N7O3. The first-order valence-corrected chi connectivity index (χ1v) is 9.84. The Hall–Kier alpha value is -3.24. The van der Waals surface area contributed by atoms with Crippen LogP contribution >= 0.6 is 0 Å². The number of amides is 1. The van der Waals surface area contributed by atoms with E-state index in [1.165, 1.54) is 0 Å². The highest BCUT2D eigenvalue weighted by molar-refractivity contribution is 6.12. The van der Waals surface area contributed by atoms with Crippen LogP contribution < -0.4 is 15.8 Å². The number of aromatic nitrogens is 4. The summed E-state index contributed by atoms with van der Waals surface area (Å²) in [6.07, 6.45) is 4.29. The number of hydrogen-bond acceptors (Lipinski definition) is 8. The Labute approximate surface area is 173 Å². The number of hydrogen-bond donors (Lipinski definition) is 2. The molecule has 3 aromatic heterocycles. The second-order valence-corrected chi connectivity index (χ2v) is 7.63. The molecule has 3 aromatic rings. The van der Waals surface area contributed by atoms with Gasteiger partial charge in [0.05, 0.1) is 38.3 Å². The molecule has 2 aliphatic rings. The Morgan fingerprint density at radius 3 is 2.97 bits per heavy atom. The first kappa shape index (κ1) is 18.8. The molecule has 0 radical (unpaired) electrons. The Bertz CT molecular complexity index is 1140. The molecule has 1 fully saturated rings. The van der Waals surface area contributed by atoms with Crippen LogP contribution in [-0.2, 0) is 17.7 Å². The fourth-order valence-electron chi connectivity index (χ4n) is 3.90. The van der Waals surface area contributed by atoms with Gasteiger partial charge in [0, 0.05) is 43.0 Å². The number of rotatable bonds is 4. The molecule has 0 atom stereocenters. The van der Waals surface area contributed by atoms with E-state index >= 15 is 0 Å². The number of nitrogens with zero attached hydrogens (tertiary/aromatic N) is 5. The number of nitrogen functional groups attached to an aromatic ring is 1. The molecule has 10 nitrogen and oxygen atoms in total. The van der Waals surface area contributed by atoms with E-state index < -0.39 is 5.91 Å². The van der Waals surface area contributed by atoms with Gasteiger partial charge in [0.2, 0.25) is 0 Å². The third-order valence-electron chi connectivity index (χ3n) is 5.65. The molecule has 0 bridgehead atoms. The Morgan fingerprint density at radius 2 is 2.23 bits per heavy atom. The van der Waals surface area contributed by atoms with E-state index in [4.69, 9.17) is 20.2 Å². The number of ether oxygens (including phenoxy) is 2. The van der Waals surface area contributed by atoms with Crippen molar-refractivity contribution in [2.24, 2.45) is 0 Å². The van der Waals surface area contributed by atoms with Gasteiger partial charge in [-0.15, -0.1) is 5.10 Å². The number of pyridine rings is 1. The number of anilines is 2. The fourth-order valence-corrected chi connectivity index (χ4v) is 3.90. The number of carbonyl (C=O) groups is 1. The minimum Gasteiger partial charge on any atom is -0.494 e. The van der Waals surface area contributed by atoms with E-state index in [0.717, 1.165) is 49.7 Å². The molecule has 5 rings (SSSR count). The lowest BCUT2D eigenvalue weighted by atomic mass is 10.0. The number of nitrogens with one attached hydrogen (secondary N) is 1. The molecule has 0 aliphatic carbocycles. The normalized spacial score (nSPS) is 16.9. The summed E-state index contributed by atoms with van der Waals surface area (Å²) in [5, 5.41) is 7.15. The van der Waals surface area contributed by atoms with Gasteiger partial charge in [0.25, 0.3) is 5.91 Å². The van der Waals surface area contributed by atoms with Crippen LogP contribution in [0.5, 0.6) is 5.75 Å². The molecule has 156 valence electrons. The first-order chi connectivity index (χ1) is 14.5. The van der Waals surface area contributed by atoms with E-state index in [2.05, 4.69) is 20.3 Å². The molecule has 0 unspecified atom stereocenters. The van der Waals surface area contributed by atoms with Gasteiger partial charge in [-0.25, -0.2) is 9.50 Å². The van der Waals surface area contributed by atoms with Crippen molar-refractivity contribution in [1.29, 1.82) is 0 Å². The molecule has 1 saturated heterocycles. The van der Waals surface area contributed by atoms with Gasteiger partial charge in [-0.3, -0.25) is 14.7 Å². The second-order valence-electron chi connectivity index (χ2n) is 7.63. The van der Waals surface area contributed by atoms with Crippen LogP contribution in [0.3, 0.4) is 0 Å². The molecule has 1 amide bonds. The van der Waals surface area contributed by atoms with E-state index in [1.807, 2.05) is 13.1 Å². The van der Waals surface area contributed by atoms with Crippen LogP contribution in [0.1, 0.15) is 27.3 Å². The molecule has 2 aliphatic heterocycles. The summed E-state index contributed by atoms with van der Waals surface area (Å²) in [4.78, 5) is 24.4. The van der Waals surface area contributed by atoms with Crippen molar-refractivity contribution in [1.82, 2.24) is 24.5 Å². The Kier molecular flexibility index (Phi) is 4.52. The Morgan fingerprint density at radius 1 is 1.40 bits per heavy atom. The van der Waals surface area contributed by atoms with Gasteiger partial charge < -0.3 is 20.5 Å². The number of carbonyl (C=O) groups excluding carboxylic acids is 1. The summed E-state index contributed by atoms with van der Waals surface area (Å²) < 4.78 is 12.2. The fraction of sp³-hybridized carbons (Fsp3) is 0.400. The maximum absolute atomic E-state index is 13.0. The molecule has 3 N–H and O–H groups in total. The number of fused-ring (bicyclic) bond motifs is 2.